The first-order chi connectivity index (χ1) is 6.20. The van der Waals surface area contributed by atoms with Crippen molar-refractivity contribution in [2.24, 2.45) is 5.73 Å². The van der Waals surface area contributed by atoms with Crippen LogP contribution in [0, 0.1) is 0 Å². The highest BCUT2D eigenvalue weighted by Crippen LogP contribution is 2.16. The average molecular weight is 209 g/mol. The Hall–Kier alpha value is -1.61. The maximum absolute atomic E-state index is 11.5. The molecule has 0 bridgehead atoms. The third-order valence-corrected chi connectivity index (χ3v) is 2.06. The van der Waals surface area contributed by atoms with Crippen molar-refractivity contribution < 1.29 is 22.6 Å². The number of carbonyl (C=O) groups excluding carboxylic acids is 1. The highest BCUT2D eigenvalue weighted by atomic mass is 35.5. The number of Topliss-reactive ketones (excluding diaryl/α,β-unsaturated/α-hetero) is 1. The molecule has 0 aliphatic heterocycles. The Morgan fingerprint density at radius 1 is 1.14 bits per heavy atom. The zero-order valence-electron chi connectivity index (χ0n) is 7.33. The van der Waals surface area contributed by atoms with Gasteiger partial charge in [-0.25, -0.2) is 0 Å². The van der Waals surface area contributed by atoms with Crippen molar-refractivity contribution in [2.45, 2.75) is 0 Å². The molecule has 1 aromatic carbocycles. The molecule has 2 rings (SSSR count). The fourth-order valence-corrected chi connectivity index (χ4v) is 1.40. The molecule has 4 heteroatoms. The number of halogens is 1. The van der Waals surface area contributed by atoms with E-state index in [2.05, 4.69) is 0 Å². The average Bonchev–Trinajstić information content (AvgIpc) is 2.15. The van der Waals surface area contributed by atoms with Crippen LogP contribution in [-0.2, 0) is 0 Å². The van der Waals surface area contributed by atoms with Crippen LogP contribution in [0.3, 0.4) is 0 Å². The summed E-state index contributed by atoms with van der Waals surface area (Å²) in [5, 5.41) is 5.71. The van der Waals surface area contributed by atoms with Crippen molar-refractivity contribution in [1.82, 2.24) is 0 Å². The molecule has 0 radical (unpaired) electrons. The molecule has 4 N–H and O–H groups in total. The Balaban J connectivity index is 0.000000980. The summed E-state index contributed by atoms with van der Waals surface area (Å²) in [6.45, 7) is 0. The van der Waals surface area contributed by atoms with Gasteiger partial charge < -0.3 is 18.1 Å². The summed E-state index contributed by atoms with van der Waals surface area (Å²) in [6, 6.07) is 7.17. The van der Waals surface area contributed by atoms with E-state index in [1.54, 1.807) is 12.1 Å². The summed E-state index contributed by atoms with van der Waals surface area (Å²) in [7, 11) is 0. The standard InChI is InChI=1S/C10H8N2O.ClH/c11-8-5-9(12)10(13)7-4-2-1-3-6(7)8;/h1-5,11H,12H2;1H. The van der Waals surface area contributed by atoms with Crippen molar-refractivity contribution in [3.05, 3.63) is 47.2 Å². The van der Waals surface area contributed by atoms with Crippen LogP contribution in [0.2, 0.25) is 0 Å². The van der Waals surface area contributed by atoms with E-state index in [1.165, 1.54) is 6.08 Å². The van der Waals surface area contributed by atoms with Gasteiger partial charge in [0.1, 0.15) is 0 Å². The topological polar surface area (TPSA) is 68.7 Å². The van der Waals surface area contributed by atoms with Gasteiger partial charge in [-0.05, 0) is 6.07 Å². The van der Waals surface area contributed by atoms with Crippen LogP contribution in [0.25, 0.3) is 0 Å². The zero-order chi connectivity index (χ0) is 9.42. The van der Waals surface area contributed by atoms with Gasteiger partial charge in [0, 0.05) is 11.6 Å². The van der Waals surface area contributed by atoms with Crippen LogP contribution in [0.5, 0.6) is 0 Å². The van der Waals surface area contributed by atoms with Crippen LogP contribution in [0.4, 0.5) is 0 Å². The molecule has 0 saturated carbocycles. The van der Waals surface area contributed by atoms with Gasteiger partial charge in [0.15, 0.2) is 0 Å². The highest BCUT2D eigenvalue weighted by molar-refractivity contribution is 6.23. The third-order valence-electron chi connectivity index (χ3n) is 2.06. The highest BCUT2D eigenvalue weighted by Gasteiger charge is 2.23. The molecule has 1 aliphatic rings. The number of rotatable bonds is 0. The molecule has 0 atom stereocenters. The summed E-state index contributed by atoms with van der Waals surface area (Å²) in [6.07, 6.45) is 1.50. The fourth-order valence-electron chi connectivity index (χ4n) is 1.40. The van der Waals surface area contributed by atoms with Gasteiger partial charge in [0.25, 0.3) is 0 Å². The molecule has 0 spiro atoms. The first-order valence-corrected chi connectivity index (χ1v) is 3.94. The molecule has 0 aromatic heterocycles. The SMILES string of the molecule is NC1=CC(=[NH2+])c2ccccc2C1=O.[Cl-]. The molecule has 0 unspecified atom stereocenters. The predicted molar refractivity (Wildman–Crippen MR) is 49.1 cm³/mol. The van der Waals surface area contributed by atoms with Crippen LogP contribution in [-0.4, -0.2) is 11.5 Å². The quantitative estimate of drug-likeness (QED) is 0.461. The Kier molecular flexibility index (Phi) is 2.72. The minimum absolute atomic E-state index is 0. The smallest absolute Gasteiger partial charge is 0.209 e. The molecule has 0 saturated heterocycles. The van der Waals surface area contributed by atoms with Crippen molar-refractivity contribution in [3.63, 3.8) is 0 Å². The second-order valence-corrected chi connectivity index (χ2v) is 2.93. The van der Waals surface area contributed by atoms with E-state index in [-0.39, 0.29) is 23.9 Å². The lowest BCUT2D eigenvalue weighted by Gasteiger charge is -2.09. The van der Waals surface area contributed by atoms with Crippen LogP contribution in [0.1, 0.15) is 15.9 Å². The molecule has 0 heterocycles. The number of ketones is 1. The van der Waals surface area contributed by atoms with Crippen LogP contribution in [0.15, 0.2) is 36.0 Å². The number of carbonyl (C=O) groups is 1. The first-order valence-electron chi connectivity index (χ1n) is 3.94. The summed E-state index contributed by atoms with van der Waals surface area (Å²) in [5.41, 5.74) is 7.60. The van der Waals surface area contributed by atoms with Crippen molar-refractivity contribution in [1.29, 1.82) is 0 Å². The molecule has 1 aliphatic carbocycles. The van der Waals surface area contributed by atoms with Crippen molar-refractivity contribution in [3.8, 4) is 0 Å². The molecule has 14 heavy (non-hydrogen) atoms. The predicted octanol–water partition coefficient (Wildman–Crippen LogP) is -3.72. The van der Waals surface area contributed by atoms with Gasteiger partial charge in [-0.15, -0.1) is 0 Å². The Morgan fingerprint density at radius 3 is 2.36 bits per heavy atom. The Bertz CT molecular complexity index is 438. The zero-order valence-corrected chi connectivity index (χ0v) is 8.08. The lowest BCUT2D eigenvalue weighted by molar-refractivity contribution is -0.111. The van der Waals surface area contributed by atoms with E-state index >= 15 is 0 Å². The number of hydrogen-bond donors (Lipinski definition) is 2. The summed E-state index contributed by atoms with van der Waals surface area (Å²) in [5.74, 6) is -0.148. The van der Waals surface area contributed by atoms with Gasteiger partial charge in [0.2, 0.25) is 11.5 Å². The summed E-state index contributed by atoms with van der Waals surface area (Å²) >= 11 is 0. The normalized spacial score (nSPS) is 14.1. The van der Waals surface area contributed by atoms with Gasteiger partial charge in [0.05, 0.1) is 11.3 Å². The van der Waals surface area contributed by atoms with Crippen LogP contribution >= 0.6 is 0 Å². The monoisotopic (exact) mass is 208 g/mol. The molecule has 72 valence electrons. The van der Waals surface area contributed by atoms with Crippen molar-refractivity contribution in [2.75, 3.05) is 0 Å². The van der Waals surface area contributed by atoms with E-state index in [0.29, 0.717) is 11.3 Å². The Morgan fingerprint density at radius 2 is 1.71 bits per heavy atom. The third kappa shape index (κ3) is 1.42. The second-order valence-electron chi connectivity index (χ2n) is 2.93. The second kappa shape index (κ2) is 3.64. The molecular weight excluding hydrogens is 200 g/mol. The number of fused-ring (bicyclic) bond motifs is 1. The minimum atomic E-state index is -0.148. The van der Waals surface area contributed by atoms with E-state index < -0.39 is 0 Å². The lowest BCUT2D eigenvalue weighted by atomic mass is 9.93. The fraction of sp³-hybridized carbons (Fsp3) is 0. The maximum Gasteiger partial charge on any atom is 0.209 e. The van der Waals surface area contributed by atoms with E-state index in [9.17, 15) is 4.79 Å². The Labute approximate surface area is 87.5 Å². The molecule has 0 amide bonds. The summed E-state index contributed by atoms with van der Waals surface area (Å²) < 4.78 is 0. The molecule has 3 nitrogen and oxygen atoms in total. The molecule has 0 fully saturated rings. The molecule has 1 aromatic rings. The van der Waals surface area contributed by atoms with Crippen molar-refractivity contribution >= 4 is 11.5 Å². The van der Waals surface area contributed by atoms with Gasteiger partial charge in [-0.1, -0.05) is 18.2 Å². The first kappa shape index (κ1) is 10.5. The molecular formula is C10H9ClN2O. The summed E-state index contributed by atoms with van der Waals surface area (Å²) in [4.78, 5) is 11.5. The number of benzene rings is 1. The van der Waals surface area contributed by atoms with E-state index in [1.807, 2.05) is 12.1 Å². The lowest BCUT2D eigenvalue weighted by Crippen LogP contribution is -3.00. The van der Waals surface area contributed by atoms with Crippen LogP contribution < -0.4 is 23.5 Å². The number of nitrogens with two attached hydrogens (primary N) is 2. The number of hydrogen-bond acceptors (Lipinski definition) is 2. The van der Waals surface area contributed by atoms with Gasteiger partial charge in [-0.2, -0.15) is 0 Å². The van der Waals surface area contributed by atoms with E-state index in [4.69, 9.17) is 11.1 Å². The largest absolute Gasteiger partial charge is 1.00 e. The van der Waals surface area contributed by atoms with Gasteiger partial charge in [-0.3, -0.25) is 10.2 Å². The minimum Gasteiger partial charge on any atom is -1.00 e. The maximum atomic E-state index is 11.5. The number of allylic oxidation sites excluding steroid dienone is 2. The van der Waals surface area contributed by atoms with E-state index in [0.717, 1.165) is 5.56 Å². The van der Waals surface area contributed by atoms with Gasteiger partial charge >= 0.3 is 0 Å².